The molecule has 25 heavy (non-hydrogen) atoms. The normalized spacial score (nSPS) is 13.2. The Bertz CT molecular complexity index is 599. The second-order valence-corrected chi connectivity index (χ2v) is 6.07. The molecule has 140 valence electrons. The molecule has 1 N–H and O–H groups in total. The van der Waals surface area contributed by atoms with Crippen LogP contribution < -0.4 is 10.1 Å². The van der Waals surface area contributed by atoms with Gasteiger partial charge in [-0.25, -0.2) is 4.79 Å². The van der Waals surface area contributed by atoms with E-state index in [1.54, 1.807) is 32.0 Å². The quantitative estimate of drug-likeness (QED) is 0.685. The van der Waals surface area contributed by atoms with E-state index in [0.29, 0.717) is 24.5 Å². The van der Waals surface area contributed by atoms with Crippen molar-refractivity contribution in [3.8, 4) is 5.75 Å². The minimum absolute atomic E-state index is 0.0880. The predicted molar refractivity (Wildman–Crippen MR) is 97.1 cm³/mol. The summed E-state index contributed by atoms with van der Waals surface area (Å²) in [6.45, 7) is 11.7. The van der Waals surface area contributed by atoms with E-state index >= 15 is 0 Å². The fourth-order valence-electron chi connectivity index (χ4n) is 2.24. The van der Waals surface area contributed by atoms with E-state index in [2.05, 4.69) is 5.32 Å². The van der Waals surface area contributed by atoms with E-state index in [1.807, 2.05) is 27.7 Å². The fourth-order valence-corrected chi connectivity index (χ4v) is 2.24. The van der Waals surface area contributed by atoms with Gasteiger partial charge in [-0.3, -0.25) is 4.79 Å². The number of benzene rings is 1. The number of amides is 1. The van der Waals surface area contributed by atoms with E-state index in [4.69, 9.17) is 14.2 Å². The SMILES string of the molecule is CCOC(=O)c1cc(NC(=O)C(C)(CC)OCC)ccc1OC(C)C. The second-order valence-electron chi connectivity index (χ2n) is 6.07. The third-order valence-electron chi connectivity index (χ3n) is 3.71. The van der Waals surface area contributed by atoms with E-state index < -0.39 is 11.6 Å². The van der Waals surface area contributed by atoms with Crippen LogP contribution in [0.1, 0.15) is 58.3 Å². The summed E-state index contributed by atoms with van der Waals surface area (Å²) < 4.78 is 16.3. The lowest BCUT2D eigenvalue weighted by Gasteiger charge is -2.27. The van der Waals surface area contributed by atoms with Gasteiger partial charge in [-0.2, -0.15) is 0 Å². The number of nitrogens with one attached hydrogen (secondary N) is 1. The average Bonchev–Trinajstić information content (AvgIpc) is 2.56. The van der Waals surface area contributed by atoms with Crippen LogP contribution in [-0.2, 0) is 14.3 Å². The fraction of sp³-hybridized carbons (Fsp3) is 0.579. The Morgan fingerprint density at radius 3 is 2.36 bits per heavy atom. The number of carbonyl (C=O) groups is 2. The van der Waals surface area contributed by atoms with Gasteiger partial charge in [0.25, 0.3) is 5.91 Å². The molecular formula is C19H29NO5. The van der Waals surface area contributed by atoms with Crippen LogP contribution in [0, 0.1) is 0 Å². The first kappa shape index (κ1) is 21.0. The molecule has 1 rings (SSSR count). The van der Waals surface area contributed by atoms with Crippen LogP contribution in [0.2, 0.25) is 0 Å². The van der Waals surface area contributed by atoms with Crippen molar-refractivity contribution in [2.75, 3.05) is 18.5 Å². The average molecular weight is 351 g/mol. The number of hydrogen-bond donors (Lipinski definition) is 1. The molecule has 0 fully saturated rings. The second kappa shape index (κ2) is 9.42. The number of ether oxygens (including phenoxy) is 3. The first-order valence-electron chi connectivity index (χ1n) is 8.70. The van der Waals surface area contributed by atoms with Gasteiger partial charge in [0.05, 0.1) is 12.7 Å². The Morgan fingerprint density at radius 1 is 1.16 bits per heavy atom. The summed E-state index contributed by atoms with van der Waals surface area (Å²) in [7, 11) is 0. The molecule has 1 amide bonds. The van der Waals surface area contributed by atoms with Crippen LogP contribution in [0.15, 0.2) is 18.2 Å². The van der Waals surface area contributed by atoms with Crippen LogP contribution in [0.5, 0.6) is 5.75 Å². The smallest absolute Gasteiger partial charge is 0.341 e. The molecule has 1 atom stereocenters. The summed E-state index contributed by atoms with van der Waals surface area (Å²) >= 11 is 0. The summed E-state index contributed by atoms with van der Waals surface area (Å²) in [5, 5.41) is 2.81. The van der Waals surface area contributed by atoms with Gasteiger partial charge < -0.3 is 19.5 Å². The monoisotopic (exact) mass is 351 g/mol. The lowest BCUT2D eigenvalue weighted by atomic mass is 10.0. The van der Waals surface area contributed by atoms with E-state index in [1.165, 1.54) is 0 Å². The number of anilines is 1. The highest BCUT2D eigenvalue weighted by Crippen LogP contribution is 2.26. The summed E-state index contributed by atoms with van der Waals surface area (Å²) in [4.78, 5) is 24.7. The Labute approximate surface area is 149 Å². The highest BCUT2D eigenvalue weighted by Gasteiger charge is 2.32. The van der Waals surface area contributed by atoms with Crippen LogP contribution in [0.4, 0.5) is 5.69 Å². The molecule has 6 nitrogen and oxygen atoms in total. The van der Waals surface area contributed by atoms with Crippen LogP contribution in [0.25, 0.3) is 0 Å². The third-order valence-corrected chi connectivity index (χ3v) is 3.71. The van der Waals surface area contributed by atoms with Gasteiger partial charge in [-0.15, -0.1) is 0 Å². The first-order valence-corrected chi connectivity index (χ1v) is 8.70. The highest BCUT2D eigenvalue weighted by atomic mass is 16.5. The number of hydrogen-bond acceptors (Lipinski definition) is 5. The van der Waals surface area contributed by atoms with Gasteiger partial charge in [0, 0.05) is 12.3 Å². The summed E-state index contributed by atoms with van der Waals surface area (Å²) in [5.41, 5.74) is -0.155. The maximum Gasteiger partial charge on any atom is 0.341 e. The van der Waals surface area contributed by atoms with Crippen LogP contribution >= 0.6 is 0 Å². The molecule has 0 spiro atoms. The number of carbonyl (C=O) groups excluding carboxylic acids is 2. The number of rotatable bonds is 9. The molecule has 0 radical (unpaired) electrons. The van der Waals surface area contributed by atoms with Crippen molar-refractivity contribution in [3.63, 3.8) is 0 Å². The zero-order valence-electron chi connectivity index (χ0n) is 16.0. The lowest BCUT2D eigenvalue weighted by molar-refractivity contribution is -0.139. The molecule has 0 aliphatic carbocycles. The zero-order valence-corrected chi connectivity index (χ0v) is 16.0. The minimum atomic E-state index is -0.925. The van der Waals surface area contributed by atoms with Crippen molar-refractivity contribution in [1.82, 2.24) is 0 Å². The van der Waals surface area contributed by atoms with Crippen molar-refractivity contribution < 1.29 is 23.8 Å². The minimum Gasteiger partial charge on any atom is -0.490 e. The Balaban J connectivity index is 3.10. The highest BCUT2D eigenvalue weighted by molar-refractivity contribution is 5.99. The molecule has 0 aromatic heterocycles. The maximum atomic E-state index is 12.5. The molecule has 0 bridgehead atoms. The molecule has 6 heteroatoms. The molecule has 1 aromatic rings. The van der Waals surface area contributed by atoms with Crippen molar-refractivity contribution in [3.05, 3.63) is 23.8 Å². The molecule has 1 aromatic carbocycles. The molecular weight excluding hydrogens is 322 g/mol. The van der Waals surface area contributed by atoms with Crippen molar-refractivity contribution >= 4 is 17.6 Å². The van der Waals surface area contributed by atoms with Crippen molar-refractivity contribution in [2.45, 2.75) is 59.7 Å². The maximum absolute atomic E-state index is 12.5. The topological polar surface area (TPSA) is 73.9 Å². The first-order chi connectivity index (χ1) is 11.8. The lowest BCUT2D eigenvalue weighted by Crippen LogP contribution is -2.42. The Kier molecular flexibility index (Phi) is 7.90. The van der Waals surface area contributed by atoms with Gasteiger partial charge in [-0.05, 0) is 59.2 Å². The van der Waals surface area contributed by atoms with E-state index in [9.17, 15) is 9.59 Å². The summed E-state index contributed by atoms with van der Waals surface area (Å²) in [5.74, 6) is -0.323. The Morgan fingerprint density at radius 2 is 1.84 bits per heavy atom. The largest absolute Gasteiger partial charge is 0.490 e. The van der Waals surface area contributed by atoms with Crippen LogP contribution in [0.3, 0.4) is 0 Å². The predicted octanol–water partition coefficient (Wildman–Crippen LogP) is 3.79. The van der Waals surface area contributed by atoms with Gasteiger partial charge >= 0.3 is 5.97 Å². The van der Waals surface area contributed by atoms with Gasteiger partial charge in [0.1, 0.15) is 16.9 Å². The van der Waals surface area contributed by atoms with Crippen molar-refractivity contribution in [2.24, 2.45) is 0 Å². The molecule has 0 aliphatic heterocycles. The molecule has 0 aliphatic rings. The molecule has 0 saturated carbocycles. The van der Waals surface area contributed by atoms with Crippen molar-refractivity contribution in [1.29, 1.82) is 0 Å². The standard InChI is InChI=1S/C19H29NO5/c1-7-19(6,24-9-3)18(22)20-14-10-11-16(25-13(4)5)15(12-14)17(21)23-8-2/h10-13H,7-9H2,1-6H3,(H,20,22). The summed E-state index contributed by atoms with van der Waals surface area (Å²) in [6.07, 6.45) is 0.446. The van der Waals surface area contributed by atoms with Gasteiger partial charge in [0.15, 0.2) is 0 Å². The number of esters is 1. The van der Waals surface area contributed by atoms with Gasteiger partial charge in [0.2, 0.25) is 0 Å². The van der Waals surface area contributed by atoms with E-state index in [-0.39, 0.29) is 24.2 Å². The van der Waals surface area contributed by atoms with Crippen LogP contribution in [-0.4, -0.2) is 36.8 Å². The molecule has 0 saturated heterocycles. The molecule has 0 heterocycles. The Hall–Kier alpha value is -2.08. The molecule has 1 unspecified atom stereocenters. The van der Waals surface area contributed by atoms with E-state index in [0.717, 1.165) is 0 Å². The zero-order chi connectivity index (χ0) is 19.0. The van der Waals surface area contributed by atoms with Gasteiger partial charge in [-0.1, -0.05) is 6.92 Å². The summed E-state index contributed by atoms with van der Waals surface area (Å²) in [6, 6.07) is 4.92. The third kappa shape index (κ3) is 5.74.